The lowest BCUT2D eigenvalue weighted by molar-refractivity contribution is -0.145. The summed E-state index contributed by atoms with van der Waals surface area (Å²) in [7, 11) is 0. The van der Waals surface area contributed by atoms with Crippen molar-refractivity contribution in [3.63, 3.8) is 0 Å². The molecule has 1 N–H and O–H groups in total. The normalized spacial score (nSPS) is 12.2. The maximum atomic E-state index is 11.1. The number of hydrogen-bond donors (Lipinski definition) is 1. The van der Waals surface area contributed by atoms with E-state index in [1.807, 2.05) is 32.9 Å². The maximum absolute atomic E-state index is 11.1. The molecular weight excluding hydrogens is 230 g/mol. The van der Waals surface area contributed by atoms with Crippen LogP contribution in [-0.2, 0) is 11.2 Å². The van der Waals surface area contributed by atoms with E-state index in [1.165, 1.54) is 0 Å². The average molecular weight is 251 g/mol. The molecule has 0 amide bonds. The molecule has 0 saturated heterocycles. The molecule has 1 unspecified atom stereocenters. The topological polar surface area (TPSA) is 59.4 Å². The van der Waals surface area contributed by atoms with Crippen LogP contribution in [0.3, 0.4) is 0 Å². The second-order valence-electron chi connectivity index (χ2n) is 4.34. The summed E-state index contributed by atoms with van der Waals surface area (Å²) in [4.78, 5) is 15.5. The second-order valence-corrected chi connectivity index (χ2v) is 4.34. The Bertz CT molecular complexity index is 404. The van der Waals surface area contributed by atoms with Gasteiger partial charge in [-0.15, -0.1) is 0 Å². The molecule has 0 aliphatic rings. The molecule has 18 heavy (non-hydrogen) atoms. The Labute approximate surface area is 108 Å². The van der Waals surface area contributed by atoms with Gasteiger partial charge in [-0.2, -0.15) is 0 Å². The lowest BCUT2D eigenvalue weighted by Gasteiger charge is -2.16. The first kappa shape index (κ1) is 14.5. The minimum Gasteiger partial charge on any atom is -0.479 e. The first-order chi connectivity index (χ1) is 8.58. The lowest BCUT2D eigenvalue weighted by Crippen LogP contribution is -2.27. The van der Waals surface area contributed by atoms with Crippen LogP contribution in [0.15, 0.2) is 12.1 Å². The van der Waals surface area contributed by atoms with Crippen LogP contribution in [-0.4, -0.2) is 22.2 Å². The summed E-state index contributed by atoms with van der Waals surface area (Å²) >= 11 is 0. The highest BCUT2D eigenvalue weighted by molar-refractivity contribution is 5.72. The number of aliphatic carboxylic acids is 1. The minimum atomic E-state index is -0.911. The third-order valence-corrected chi connectivity index (χ3v) is 2.77. The van der Waals surface area contributed by atoms with E-state index in [4.69, 9.17) is 9.84 Å². The van der Waals surface area contributed by atoms with Gasteiger partial charge in [-0.05, 0) is 38.3 Å². The number of carbonyl (C=O) groups is 1. The largest absolute Gasteiger partial charge is 0.479 e. The zero-order valence-corrected chi connectivity index (χ0v) is 11.3. The smallest absolute Gasteiger partial charge is 0.344 e. The SMILES string of the molecule is CCCCC(Oc1ccc(C)nc1CC)C(=O)O. The quantitative estimate of drug-likeness (QED) is 0.809. The summed E-state index contributed by atoms with van der Waals surface area (Å²) in [5.74, 6) is -0.322. The third-order valence-electron chi connectivity index (χ3n) is 2.77. The Balaban J connectivity index is 2.82. The maximum Gasteiger partial charge on any atom is 0.344 e. The second kappa shape index (κ2) is 6.99. The molecule has 1 heterocycles. The summed E-state index contributed by atoms with van der Waals surface area (Å²) in [5, 5.41) is 9.13. The molecule has 4 nitrogen and oxygen atoms in total. The predicted molar refractivity (Wildman–Crippen MR) is 69.9 cm³/mol. The Morgan fingerprint density at radius 2 is 2.17 bits per heavy atom. The number of nitrogens with zero attached hydrogens (tertiary/aromatic N) is 1. The highest BCUT2D eigenvalue weighted by Gasteiger charge is 2.20. The third kappa shape index (κ3) is 4.02. The van der Waals surface area contributed by atoms with Gasteiger partial charge in [0.2, 0.25) is 0 Å². The molecule has 0 saturated carbocycles. The Hall–Kier alpha value is -1.58. The molecule has 0 aliphatic carbocycles. The molecule has 1 rings (SSSR count). The predicted octanol–water partition coefficient (Wildman–Crippen LogP) is 2.97. The first-order valence-corrected chi connectivity index (χ1v) is 6.44. The van der Waals surface area contributed by atoms with Crippen molar-refractivity contribution >= 4 is 5.97 Å². The number of ether oxygens (including phenoxy) is 1. The highest BCUT2D eigenvalue weighted by Crippen LogP contribution is 2.20. The van der Waals surface area contributed by atoms with E-state index in [0.29, 0.717) is 12.2 Å². The van der Waals surface area contributed by atoms with Crippen molar-refractivity contribution in [2.75, 3.05) is 0 Å². The molecule has 0 radical (unpaired) electrons. The van der Waals surface area contributed by atoms with E-state index in [-0.39, 0.29) is 0 Å². The molecule has 0 bridgehead atoms. The Morgan fingerprint density at radius 3 is 2.72 bits per heavy atom. The molecule has 1 atom stereocenters. The molecule has 1 aromatic rings. The van der Waals surface area contributed by atoms with Crippen LogP contribution in [0.1, 0.15) is 44.5 Å². The van der Waals surface area contributed by atoms with Crippen molar-refractivity contribution in [3.8, 4) is 5.75 Å². The van der Waals surface area contributed by atoms with Gasteiger partial charge in [0, 0.05) is 5.69 Å². The van der Waals surface area contributed by atoms with Crippen LogP contribution >= 0.6 is 0 Å². The Morgan fingerprint density at radius 1 is 1.44 bits per heavy atom. The molecule has 0 aromatic carbocycles. The van der Waals surface area contributed by atoms with Crippen molar-refractivity contribution < 1.29 is 14.6 Å². The zero-order chi connectivity index (χ0) is 13.5. The summed E-state index contributed by atoms with van der Waals surface area (Å²) in [6.07, 6.45) is 2.29. The minimum absolute atomic E-state index is 0.531. The average Bonchev–Trinajstić information content (AvgIpc) is 2.35. The van der Waals surface area contributed by atoms with Gasteiger partial charge in [0.1, 0.15) is 5.75 Å². The molecule has 0 fully saturated rings. The summed E-state index contributed by atoms with van der Waals surface area (Å²) in [6.45, 7) is 5.93. The number of pyridine rings is 1. The van der Waals surface area contributed by atoms with Gasteiger partial charge in [0.05, 0.1) is 5.69 Å². The number of carboxylic acid groups (broad SMARTS) is 1. The van der Waals surface area contributed by atoms with E-state index in [9.17, 15) is 4.79 Å². The number of carboxylic acids is 1. The van der Waals surface area contributed by atoms with Gasteiger partial charge in [0.15, 0.2) is 6.10 Å². The van der Waals surface area contributed by atoms with Crippen molar-refractivity contribution in [3.05, 3.63) is 23.5 Å². The fourth-order valence-electron chi connectivity index (χ4n) is 1.73. The van der Waals surface area contributed by atoms with Gasteiger partial charge in [-0.25, -0.2) is 4.79 Å². The number of aromatic nitrogens is 1. The van der Waals surface area contributed by atoms with Crippen LogP contribution in [0.4, 0.5) is 0 Å². The molecule has 100 valence electrons. The van der Waals surface area contributed by atoms with Crippen LogP contribution in [0.2, 0.25) is 0 Å². The van der Waals surface area contributed by atoms with E-state index in [1.54, 1.807) is 0 Å². The van der Waals surface area contributed by atoms with Crippen molar-refractivity contribution in [2.24, 2.45) is 0 Å². The lowest BCUT2D eigenvalue weighted by atomic mass is 10.1. The fraction of sp³-hybridized carbons (Fsp3) is 0.571. The number of aryl methyl sites for hydroxylation is 2. The number of rotatable bonds is 7. The Kier molecular flexibility index (Phi) is 5.62. The molecule has 0 aliphatic heterocycles. The van der Waals surface area contributed by atoms with Crippen LogP contribution in [0.25, 0.3) is 0 Å². The highest BCUT2D eigenvalue weighted by atomic mass is 16.5. The van der Waals surface area contributed by atoms with E-state index < -0.39 is 12.1 Å². The van der Waals surface area contributed by atoms with Crippen molar-refractivity contribution in [2.45, 2.75) is 52.6 Å². The van der Waals surface area contributed by atoms with Crippen LogP contribution in [0.5, 0.6) is 5.75 Å². The molecule has 4 heteroatoms. The number of unbranched alkanes of at least 4 members (excludes halogenated alkanes) is 1. The van der Waals surface area contributed by atoms with Gasteiger partial charge in [-0.1, -0.05) is 20.3 Å². The van der Waals surface area contributed by atoms with Gasteiger partial charge in [0.25, 0.3) is 0 Å². The van der Waals surface area contributed by atoms with E-state index in [2.05, 4.69) is 4.98 Å². The monoisotopic (exact) mass is 251 g/mol. The first-order valence-electron chi connectivity index (χ1n) is 6.44. The van der Waals surface area contributed by atoms with Gasteiger partial charge in [-0.3, -0.25) is 4.98 Å². The van der Waals surface area contributed by atoms with Crippen LogP contribution in [0, 0.1) is 6.92 Å². The van der Waals surface area contributed by atoms with E-state index >= 15 is 0 Å². The molecule has 1 aromatic heterocycles. The molecular formula is C14H21NO3. The van der Waals surface area contributed by atoms with E-state index in [0.717, 1.165) is 30.7 Å². The standard InChI is InChI=1S/C14H21NO3/c1-4-6-7-13(14(16)17)18-12-9-8-10(3)15-11(12)5-2/h8-9,13H,4-7H2,1-3H3,(H,16,17). The van der Waals surface area contributed by atoms with Crippen molar-refractivity contribution in [1.29, 1.82) is 0 Å². The van der Waals surface area contributed by atoms with Crippen LogP contribution < -0.4 is 4.74 Å². The molecule has 0 spiro atoms. The zero-order valence-electron chi connectivity index (χ0n) is 11.3. The van der Waals surface area contributed by atoms with Gasteiger partial charge >= 0.3 is 5.97 Å². The number of hydrogen-bond acceptors (Lipinski definition) is 3. The summed E-state index contributed by atoms with van der Waals surface area (Å²) in [5.41, 5.74) is 1.73. The summed E-state index contributed by atoms with van der Waals surface area (Å²) in [6, 6.07) is 3.65. The fourth-order valence-corrected chi connectivity index (χ4v) is 1.73. The van der Waals surface area contributed by atoms with Crippen molar-refractivity contribution in [1.82, 2.24) is 4.98 Å². The van der Waals surface area contributed by atoms with Gasteiger partial charge < -0.3 is 9.84 Å². The summed E-state index contributed by atoms with van der Waals surface area (Å²) < 4.78 is 5.59.